The molecule has 4 rings (SSSR count). The summed E-state index contributed by atoms with van der Waals surface area (Å²) in [6.07, 6.45) is 5.30. The average Bonchev–Trinajstić information content (AvgIpc) is 2.96. The van der Waals surface area contributed by atoms with Gasteiger partial charge in [-0.3, -0.25) is 0 Å². The molecule has 0 spiro atoms. The Morgan fingerprint density at radius 3 is 2.78 bits per heavy atom. The Kier molecular flexibility index (Phi) is 3.01. The third kappa shape index (κ3) is 2.04. The normalized spacial score (nSPS) is 11.3. The van der Waals surface area contributed by atoms with Crippen molar-refractivity contribution >= 4 is 21.8 Å². The molecule has 0 saturated carbocycles. The first-order valence-electron chi connectivity index (χ1n) is 7.20. The molecule has 0 aliphatic carbocycles. The summed E-state index contributed by atoms with van der Waals surface area (Å²) in [6, 6.07) is 8.51. The smallest absolute Gasteiger partial charge is 0.126 e. The van der Waals surface area contributed by atoms with Crippen LogP contribution in [-0.2, 0) is 7.05 Å². The monoisotopic (exact) mass is 307 g/mol. The third-order valence-corrected chi connectivity index (χ3v) is 4.09. The van der Waals surface area contributed by atoms with Crippen LogP contribution in [0.5, 0.6) is 5.75 Å². The molecular weight excluding hydrogens is 293 g/mol. The maximum Gasteiger partial charge on any atom is 0.126 e. The lowest BCUT2D eigenvalue weighted by Crippen LogP contribution is -1.94. The van der Waals surface area contributed by atoms with E-state index in [1.807, 2.05) is 29.9 Å². The van der Waals surface area contributed by atoms with Crippen LogP contribution in [0.1, 0.15) is 0 Å². The van der Waals surface area contributed by atoms with E-state index in [2.05, 4.69) is 9.97 Å². The Morgan fingerprint density at radius 1 is 1.09 bits per heavy atom. The number of halogens is 1. The summed E-state index contributed by atoms with van der Waals surface area (Å²) in [5, 5.41) is 2.01. The van der Waals surface area contributed by atoms with Gasteiger partial charge < -0.3 is 9.30 Å². The highest BCUT2D eigenvalue weighted by atomic mass is 19.1. The predicted molar refractivity (Wildman–Crippen MR) is 88.0 cm³/mol. The first kappa shape index (κ1) is 13.7. The van der Waals surface area contributed by atoms with Crippen LogP contribution in [0, 0.1) is 5.82 Å². The SMILES string of the molecule is COc1ccc(F)cc1-c1cc2ncncc2c2ccn(C)c12. The predicted octanol–water partition coefficient (Wildman–Crippen LogP) is 3.94. The van der Waals surface area contributed by atoms with Gasteiger partial charge in [-0.15, -0.1) is 0 Å². The number of rotatable bonds is 2. The van der Waals surface area contributed by atoms with Crippen molar-refractivity contribution in [2.45, 2.75) is 0 Å². The maximum absolute atomic E-state index is 13.8. The van der Waals surface area contributed by atoms with Gasteiger partial charge in [-0.2, -0.15) is 0 Å². The van der Waals surface area contributed by atoms with Gasteiger partial charge in [0.05, 0.1) is 18.1 Å². The van der Waals surface area contributed by atoms with Crippen LogP contribution in [-0.4, -0.2) is 21.6 Å². The van der Waals surface area contributed by atoms with Crippen LogP contribution in [0.15, 0.2) is 49.1 Å². The van der Waals surface area contributed by atoms with E-state index in [1.165, 1.54) is 18.5 Å². The van der Waals surface area contributed by atoms with Gasteiger partial charge >= 0.3 is 0 Å². The molecule has 0 aliphatic rings. The molecule has 0 bridgehead atoms. The zero-order valence-corrected chi connectivity index (χ0v) is 12.7. The van der Waals surface area contributed by atoms with Crippen molar-refractivity contribution in [3.63, 3.8) is 0 Å². The minimum absolute atomic E-state index is 0.300. The molecule has 0 radical (unpaired) electrons. The summed E-state index contributed by atoms with van der Waals surface area (Å²) in [4.78, 5) is 8.47. The van der Waals surface area contributed by atoms with E-state index in [-0.39, 0.29) is 5.82 Å². The standard InChI is InChI=1S/C18H14FN3O/c1-22-6-5-12-15-9-20-10-21-16(15)8-14(18(12)22)13-7-11(19)3-4-17(13)23-2/h3-10H,1-2H3. The van der Waals surface area contributed by atoms with Gasteiger partial charge in [-0.1, -0.05) is 0 Å². The van der Waals surface area contributed by atoms with E-state index in [0.717, 1.165) is 27.4 Å². The second kappa shape index (κ2) is 5.05. The first-order valence-corrected chi connectivity index (χ1v) is 7.20. The molecule has 0 aliphatic heterocycles. The molecular formula is C18H14FN3O. The van der Waals surface area contributed by atoms with Crippen molar-refractivity contribution in [2.75, 3.05) is 7.11 Å². The summed E-state index contributed by atoms with van der Waals surface area (Å²) in [5.74, 6) is 0.327. The average molecular weight is 307 g/mol. The molecule has 0 unspecified atom stereocenters. The van der Waals surface area contributed by atoms with E-state index < -0.39 is 0 Å². The Hall–Kier alpha value is -2.95. The molecule has 4 aromatic rings. The number of aryl methyl sites for hydroxylation is 1. The lowest BCUT2D eigenvalue weighted by atomic mass is 9.99. The van der Waals surface area contributed by atoms with E-state index >= 15 is 0 Å². The summed E-state index contributed by atoms with van der Waals surface area (Å²) in [5.41, 5.74) is 3.41. The topological polar surface area (TPSA) is 39.9 Å². The van der Waals surface area contributed by atoms with Crippen molar-refractivity contribution in [3.05, 3.63) is 54.9 Å². The molecule has 23 heavy (non-hydrogen) atoms. The number of methoxy groups -OCH3 is 1. The molecule has 0 N–H and O–H groups in total. The lowest BCUT2D eigenvalue weighted by Gasteiger charge is -2.13. The molecule has 0 fully saturated rings. The summed E-state index contributed by atoms with van der Waals surface area (Å²) < 4.78 is 21.3. The second-order valence-corrected chi connectivity index (χ2v) is 5.41. The van der Waals surface area contributed by atoms with Gasteiger partial charge in [0.1, 0.15) is 17.9 Å². The molecule has 0 amide bonds. The molecule has 114 valence electrons. The Bertz CT molecular complexity index is 1040. The molecule has 0 saturated heterocycles. The van der Waals surface area contributed by atoms with Crippen molar-refractivity contribution in [1.29, 1.82) is 0 Å². The number of ether oxygens (including phenoxy) is 1. The number of fused-ring (bicyclic) bond motifs is 3. The van der Waals surface area contributed by atoms with E-state index in [1.54, 1.807) is 19.4 Å². The number of aromatic nitrogens is 3. The first-order chi connectivity index (χ1) is 11.2. The molecule has 2 aromatic carbocycles. The molecule has 2 aromatic heterocycles. The highest BCUT2D eigenvalue weighted by Crippen LogP contribution is 2.38. The highest BCUT2D eigenvalue weighted by molar-refractivity contribution is 6.11. The van der Waals surface area contributed by atoms with E-state index in [9.17, 15) is 4.39 Å². The quantitative estimate of drug-likeness (QED) is 0.563. The fraction of sp³-hybridized carbons (Fsp3) is 0.111. The fourth-order valence-electron chi connectivity index (χ4n) is 3.04. The Balaban J connectivity index is 2.18. The molecule has 0 atom stereocenters. The lowest BCUT2D eigenvalue weighted by molar-refractivity contribution is 0.415. The van der Waals surface area contributed by atoms with Crippen molar-refractivity contribution in [1.82, 2.24) is 14.5 Å². The van der Waals surface area contributed by atoms with Gasteiger partial charge in [0.15, 0.2) is 0 Å². The van der Waals surface area contributed by atoms with Gasteiger partial charge in [-0.25, -0.2) is 14.4 Å². The van der Waals surface area contributed by atoms with Gasteiger partial charge in [0, 0.05) is 41.3 Å². The zero-order chi connectivity index (χ0) is 16.0. The number of hydrogen-bond acceptors (Lipinski definition) is 3. The third-order valence-electron chi connectivity index (χ3n) is 4.09. The minimum atomic E-state index is -0.300. The molecule has 4 nitrogen and oxygen atoms in total. The molecule has 5 heteroatoms. The van der Waals surface area contributed by atoms with Crippen LogP contribution in [0.3, 0.4) is 0 Å². The fourth-order valence-corrected chi connectivity index (χ4v) is 3.04. The Labute approximate surface area is 132 Å². The maximum atomic E-state index is 13.8. The summed E-state index contributed by atoms with van der Waals surface area (Å²) in [7, 11) is 3.55. The van der Waals surface area contributed by atoms with E-state index in [0.29, 0.717) is 11.3 Å². The van der Waals surface area contributed by atoms with Crippen molar-refractivity contribution in [3.8, 4) is 16.9 Å². The van der Waals surface area contributed by atoms with Crippen molar-refractivity contribution in [2.24, 2.45) is 7.05 Å². The molecule has 2 heterocycles. The second-order valence-electron chi connectivity index (χ2n) is 5.41. The van der Waals surface area contributed by atoms with Gasteiger partial charge in [-0.05, 0) is 30.3 Å². The Morgan fingerprint density at radius 2 is 1.96 bits per heavy atom. The van der Waals surface area contributed by atoms with E-state index in [4.69, 9.17) is 4.74 Å². The zero-order valence-electron chi connectivity index (χ0n) is 12.7. The number of nitrogens with zero attached hydrogens (tertiary/aromatic N) is 3. The van der Waals surface area contributed by atoms with Crippen LogP contribution in [0.25, 0.3) is 32.9 Å². The van der Waals surface area contributed by atoms with Crippen LogP contribution in [0.2, 0.25) is 0 Å². The summed E-state index contributed by atoms with van der Waals surface area (Å²) in [6.45, 7) is 0. The van der Waals surface area contributed by atoms with Gasteiger partial charge in [0.2, 0.25) is 0 Å². The highest BCUT2D eigenvalue weighted by Gasteiger charge is 2.16. The minimum Gasteiger partial charge on any atom is -0.496 e. The van der Waals surface area contributed by atoms with Crippen LogP contribution < -0.4 is 4.74 Å². The number of benzene rings is 2. The number of hydrogen-bond donors (Lipinski definition) is 0. The van der Waals surface area contributed by atoms with Crippen LogP contribution >= 0.6 is 0 Å². The van der Waals surface area contributed by atoms with Gasteiger partial charge in [0.25, 0.3) is 0 Å². The largest absolute Gasteiger partial charge is 0.496 e. The van der Waals surface area contributed by atoms with Crippen LogP contribution in [0.4, 0.5) is 4.39 Å². The summed E-state index contributed by atoms with van der Waals surface area (Å²) >= 11 is 0. The van der Waals surface area contributed by atoms with Crippen molar-refractivity contribution < 1.29 is 9.13 Å².